The summed E-state index contributed by atoms with van der Waals surface area (Å²) in [5.74, 6) is 0. The second kappa shape index (κ2) is 3.29. The van der Waals surface area contributed by atoms with Gasteiger partial charge < -0.3 is 0 Å². The molecule has 0 aromatic carbocycles. The zero-order valence-electron chi connectivity index (χ0n) is 6.80. The molecule has 0 bridgehead atoms. The van der Waals surface area contributed by atoms with Crippen LogP contribution in [0.15, 0.2) is 24.5 Å². The van der Waals surface area contributed by atoms with Crippen molar-refractivity contribution in [3.8, 4) is 0 Å². The minimum absolute atomic E-state index is 0.299. The molecule has 0 aliphatic heterocycles. The van der Waals surface area contributed by atoms with Gasteiger partial charge in [0.25, 0.3) is 0 Å². The number of nitrogens with one attached hydrogen (secondary N) is 1. The van der Waals surface area contributed by atoms with Crippen molar-refractivity contribution >= 4 is 30.5 Å². The fourth-order valence-corrected chi connectivity index (χ4v) is 2.49. The van der Waals surface area contributed by atoms with Crippen LogP contribution in [0.25, 0.3) is 11.0 Å². The molecule has 0 spiro atoms. The first-order chi connectivity index (χ1) is 6.56. The zero-order chi connectivity index (χ0) is 10.2. The van der Waals surface area contributed by atoms with E-state index in [-0.39, 0.29) is 0 Å². The molecule has 0 aliphatic carbocycles. The van der Waals surface area contributed by atoms with Gasteiger partial charge in [0.2, 0.25) is 0 Å². The summed E-state index contributed by atoms with van der Waals surface area (Å²) < 4.78 is 36.7. The molecule has 0 atom stereocenters. The van der Waals surface area contributed by atoms with Crippen LogP contribution < -0.4 is 4.46 Å². The second-order valence-electron chi connectivity index (χ2n) is 2.60. The van der Waals surface area contributed by atoms with Crippen LogP contribution in [0.2, 0.25) is 0 Å². The number of alkyl halides is 3. The topological polar surface area (TPSA) is 28.7 Å². The van der Waals surface area contributed by atoms with Crippen molar-refractivity contribution in [2.75, 3.05) is 0 Å². The first kappa shape index (κ1) is 9.55. The molecule has 0 aliphatic rings. The van der Waals surface area contributed by atoms with Crippen LogP contribution in [-0.2, 0) is 0 Å². The summed E-state index contributed by atoms with van der Waals surface area (Å²) in [5, 5.41) is -3.55. The van der Waals surface area contributed by atoms with E-state index in [1.165, 1.54) is 6.20 Å². The van der Waals surface area contributed by atoms with Crippen LogP contribution in [-0.4, -0.2) is 30.0 Å². The van der Waals surface area contributed by atoms with Crippen LogP contribution in [0.1, 0.15) is 0 Å². The van der Waals surface area contributed by atoms with Gasteiger partial charge in [-0.1, -0.05) is 0 Å². The number of rotatable bonds is 1. The Hall–Kier alpha value is -1.00. The number of hydrogen-bond donors (Lipinski definition) is 1. The Labute approximate surface area is 83.7 Å². The van der Waals surface area contributed by atoms with Gasteiger partial charge in [-0.15, -0.1) is 0 Å². The molecule has 74 valence electrons. The van der Waals surface area contributed by atoms with Gasteiger partial charge in [-0.05, 0) is 0 Å². The summed E-state index contributed by atoms with van der Waals surface area (Å²) in [7, 11) is 0. The molecule has 14 heavy (non-hydrogen) atoms. The Morgan fingerprint density at radius 2 is 2.14 bits per heavy atom. The zero-order valence-corrected chi connectivity index (χ0v) is 8.51. The van der Waals surface area contributed by atoms with Crippen molar-refractivity contribution in [3.05, 3.63) is 24.5 Å². The Bertz CT molecular complexity index is 449. The molecule has 2 nitrogen and oxygen atoms in total. The number of halogens is 3. The molecular formula is C8H5F3N2Se. The number of nitrogens with zero attached hydrogens (tertiary/aromatic N) is 1. The average molecular weight is 265 g/mol. The van der Waals surface area contributed by atoms with Gasteiger partial charge in [-0.25, -0.2) is 0 Å². The summed E-state index contributed by atoms with van der Waals surface area (Å²) in [5.41, 5.74) is 0.508. The van der Waals surface area contributed by atoms with E-state index >= 15 is 0 Å². The predicted molar refractivity (Wildman–Crippen MR) is 47.5 cm³/mol. The predicted octanol–water partition coefficient (Wildman–Crippen LogP) is 1.41. The number of aromatic nitrogens is 2. The van der Waals surface area contributed by atoms with E-state index in [0.29, 0.717) is 15.5 Å². The van der Waals surface area contributed by atoms with E-state index in [0.717, 1.165) is 0 Å². The van der Waals surface area contributed by atoms with Crippen LogP contribution >= 0.6 is 0 Å². The fourth-order valence-electron chi connectivity index (χ4n) is 1.14. The fraction of sp³-hybridized carbons (Fsp3) is 0.125. The summed E-state index contributed by atoms with van der Waals surface area (Å²) >= 11 is -1.51. The minimum atomic E-state index is -4.11. The van der Waals surface area contributed by atoms with Crippen molar-refractivity contribution in [2.45, 2.75) is 5.07 Å². The molecule has 2 aromatic heterocycles. The summed E-state index contributed by atoms with van der Waals surface area (Å²) in [6.45, 7) is 0. The summed E-state index contributed by atoms with van der Waals surface area (Å²) in [6.07, 6.45) is 2.92. The van der Waals surface area contributed by atoms with Crippen LogP contribution in [0.5, 0.6) is 0 Å². The number of aromatic amines is 1. The summed E-state index contributed by atoms with van der Waals surface area (Å²) in [6, 6.07) is 3.27. The van der Waals surface area contributed by atoms with Gasteiger partial charge in [0, 0.05) is 0 Å². The van der Waals surface area contributed by atoms with Crippen LogP contribution in [0, 0.1) is 0 Å². The quantitative estimate of drug-likeness (QED) is 0.776. The maximum atomic E-state index is 12.1. The van der Waals surface area contributed by atoms with Crippen LogP contribution in [0.4, 0.5) is 13.2 Å². The maximum absolute atomic E-state index is 12.1. The van der Waals surface area contributed by atoms with E-state index in [1.807, 2.05) is 0 Å². The molecule has 0 amide bonds. The van der Waals surface area contributed by atoms with Gasteiger partial charge in [0.1, 0.15) is 0 Å². The Morgan fingerprint density at radius 1 is 1.36 bits per heavy atom. The normalized spacial score (nSPS) is 12.2. The first-order valence-electron chi connectivity index (χ1n) is 3.74. The van der Waals surface area contributed by atoms with E-state index < -0.39 is 20.0 Å². The SMILES string of the molecule is FC(F)(F)[Se]c1c[nH]c2ncccc12. The molecule has 0 saturated heterocycles. The first-order valence-corrected chi connectivity index (χ1v) is 5.45. The molecule has 6 heteroatoms. The third-order valence-corrected chi connectivity index (χ3v) is 3.29. The molecule has 1 N–H and O–H groups in total. The number of hydrogen-bond acceptors (Lipinski definition) is 1. The van der Waals surface area contributed by atoms with Crippen molar-refractivity contribution in [1.29, 1.82) is 0 Å². The van der Waals surface area contributed by atoms with Crippen molar-refractivity contribution in [2.24, 2.45) is 0 Å². The number of fused-ring (bicyclic) bond motifs is 1. The van der Waals surface area contributed by atoms with Crippen molar-refractivity contribution < 1.29 is 13.2 Å². The van der Waals surface area contributed by atoms with Gasteiger partial charge in [-0.2, -0.15) is 0 Å². The van der Waals surface area contributed by atoms with E-state index in [9.17, 15) is 13.2 Å². The van der Waals surface area contributed by atoms with Gasteiger partial charge in [0.05, 0.1) is 0 Å². The number of pyridine rings is 1. The average Bonchev–Trinajstić information content (AvgIpc) is 2.47. The van der Waals surface area contributed by atoms with E-state index in [4.69, 9.17) is 0 Å². The molecule has 2 rings (SSSR count). The molecule has 0 radical (unpaired) electrons. The van der Waals surface area contributed by atoms with Crippen LogP contribution in [0.3, 0.4) is 0 Å². The molecule has 0 saturated carbocycles. The third-order valence-electron chi connectivity index (χ3n) is 1.64. The standard InChI is InChI=1S/C8H5F3N2Se/c9-8(10,11)14-6-4-13-7-5(6)2-1-3-12-7/h1-4H,(H,12,13). The summed E-state index contributed by atoms with van der Waals surface area (Å²) in [4.78, 5) is 6.63. The van der Waals surface area contributed by atoms with Crippen molar-refractivity contribution in [1.82, 2.24) is 9.97 Å². The van der Waals surface area contributed by atoms with E-state index in [1.54, 1.807) is 18.3 Å². The third kappa shape index (κ3) is 1.91. The molecule has 2 aromatic rings. The Morgan fingerprint density at radius 3 is 2.86 bits per heavy atom. The molecule has 2 heterocycles. The molecule has 0 fully saturated rings. The molecule has 0 unspecified atom stereocenters. The van der Waals surface area contributed by atoms with E-state index in [2.05, 4.69) is 9.97 Å². The van der Waals surface area contributed by atoms with Gasteiger partial charge >= 0.3 is 83.2 Å². The Kier molecular flexibility index (Phi) is 2.25. The van der Waals surface area contributed by atoms with Gasteiger partial charge in [0.15, 0.2) is 0 Å². The molecular weight excluding hydrogens is 260 g/mol. The second-order valence-corrected chi connectivity index (χ2v) is 4.92. The Balaban J connectivity index is 2.44. The van der Waals surface area contributed by atoms with Crippen molar-refractivity contribution in [3.63, 3.8) is 0 Å². The van der Waals surface area contributed by atoms with Gasteiger partial charge in [-0.3, -0.25) is 0 Å². The number of H-pyrrole nitrogens is 1. The monoisotopic (exact) mass is 266 g/mol.